The topological polar surface area (TPSA) is 41.1 Å². The van der Waals surface area contributed by atoms with Gasteiger partial charge in [-0.2, -0.15) is 0 Å². The summed E-state index contributed by atoms with van der Waals surface area (Å²) in [5.41, 5.74) is 1.39. The Hall–Kier alpha value is -2.43. The summed E-state index contributed by atoms with van der Waals surface area (Å²) in [6.45, 7) is 1.88. The van der Waals surface area contributed by atoms with Crippen LogP contribution < -0.4 is 10.6 Å². The Morgan fingerprint density at radius 2 is 1.80 bits per heavy atom. The Morgan fingerprint density at radius 3 is 2.50 bits per heavy atom. The standard InChI is InChI=1S/C15H12F2N2O/c1-8-5-9-10(7-19-15(9)18-6-8)14(20)13-11(16)3-2-4-12(13)17/h2-7,15,18-19H,1H3. The number of hydrogen-bond acceptors (Lipinski definition) is 3. The molecule has 20 heavy (non-hydrogen) atoms. The zero-order chi connectivity index (χ0) is 14.3. The maximum Gasteiger partial charge on any atom is 0.200 e. The number of fused-ring (bicyclic) bond motifs is 1. The molecule has 1 aromatic rings. The third-order valence-electron chi connectivity index (χ3n) is 3.31. The molecule has 0 spiro atoms. The van der Waals surface area contributed by atoms with Crippen LogP contribution in [0.1, 0.15) is 17.3 Å². The van der Waals surface area contributed by atoms with Gasteiger partial charge >= 0.3 is 0 Å². The van der Waals surface area contributed by atoms with E-state index >= 15 is 0 Å². The molecular weight excluding hydrogens is 262 g/mol. The highest BCUT2D eigenvalue weighted by Gasteiger charge is 2.31. The van der Waals surface area contributed by atoms with E-state index in [9.17, 15) is 13.6 Å². The van der Waals surface area contributed by atoms with Crippen molar-refractivity contribution in [2.24, 2.45) is 0 Å². The SMILES string of the molecule is CC1=CNC2NC=C(C(=O)c3c(F)cccc3F)C2=C1. The Bertz CT molecular complexity index is 669. The van der Waals surface area contributed by atoms with Gasteiger partial charge in [0.05, 0.1) is 5.56 Å². The second-order valence-electron chi connectivity index (χ2n) is 4.74. The molecule has 2 N–H and O–H groups in total. The quantitative estimate of drug-likeness (QED) is 0.814. The minimum Gasteiger partial charge on any atom is -0.367 e. The van der Waals surface area contributed by atoms with E-state index in [0.717, 1.165) is 17.7 Å². The number of hydrogen-bond donors (Lipinski definition) is 2. The van der Waals surface area contributed by atoms with Crippen LogP contribution >= 0.6 is 0 Å². The fourth-order valence-electron chi connectivity index (χ4n) is 2.34. The zero-order valence-electron chi connectivity index (χ0n) is 10.7. The summed E-state index contributed by atoms with van der Waals surface area (Å²) in [6.07, 6.45) is 4.90. The zero-order valence-corrected chi connectivity index (χ0v) is 10.7. The van der Waals surface area contributed by atoms with Crippen molar-refractivity contribution in [3.63, 3.8) is 0 Å². The Balaban J connectivity index is 2.02. The van der Waals surface area contributed by atoms with Crippen molar-refractivity contribution in [2.45, 2.75) is 13.1 Å². The van der Waals surface area contributed by atoms with E-state index in [4.69, 9.17) is 0 Å². The molecule has 0 fully saturated rings. The Kier molecular flexibility index (Phi) is 2.89. The molecular formula is C15H12F2N2O. The number of ketones is 1. The molecule has 3 nitrogen and oxygen atoms in total. The maximum atomic E-state index is 13.7. The van der Waals surface area contributed by atoms with Gasteiger partial charge in [-0.3, -0.25) is 4.79 Å². The highest BCUT2D eigenvalue weighted by molar-refractivity contribution is 6.12. The van der Waals surface area contributed by atoms with Crippen molar-refractivity contribution >= 4 is 5.78 Å². The first-order chi connectivity index (χ1) is 9.58. The van der Waals surface area contributed by atoms with E-state index in [-0.39, 0.29) is 11.7 Å². The van der Waals surface area contributed by atoms with Crippen molar-refractivity contribution in [1.82, 2.24) is 10.6 Å². The van der Waals surface area contributed by atoms with Crippen LogP contribution in [0.3, 0.4) is 0 Å². The summed E-state index contributed by atoms with van der Waals surface area (Å²) in [5, 5.41) is 6.03. The van der Waals surface area contributed by atoms with Gasteiger partial charge in [-0.1, -0.05) is 6.07 Å². The van der Waals surface area contributed by atoms with Crippen LogP contribution in [-0.2, 0) is 0 Å². The van der Waals surface area contributed by atoms with Gasteiger partial charge in [0.1, 0.15) is 17.8 Å². The summed E-state index contributed by atoms with van der Waals surface area (Å²) in [7, 11) is 0. The molecule has 2 heterocycles. The summed E-state index contributed by atoms with van der Waals surface area (Å²) in [4.78, 5) is 12.4. The number of carbonyl (C=O) groups excluding carboxylic acids is 1. The molecule has 1 aromatic carbocycles. The first-order valence-electron chi connectivity index (χ1n) is 6.17. The summed E-state index contributed by atoms with van der Waals surface area (Å²) < 4.78 is 27.4. The first-order valence-corrected chi connectivity index (χ1v) is 6.17. The van der Waals surface area contributed by atoms with E-state index in [1.54, 1.807) is 0 Å². The molecule has 1 atom stereocenters. The van der Waals surface area contributed by atoms with Crippen molar-refractivity contribution in [1.29, 1.82) is 0 Å². The Morgan fingerprint density at radius 1 is 1.15 bits per heavy atom. The molecule has 0 radical (unpaired) electrons. The van der Waals surface area contributed by atoms with Gasteiger partial charge in [-0.05, 0) is 30.7 Å². The van der Waals surface area contributed by atoms with Crippen LogP contribution in [-0.4, -0.2) is 11.9 Å². The lowest BCUT2D eigenvalue weighted by atomic mass is 9.94. The van der Waals surface area contributed by atoms with Crippen molar-refractivity contribution < 1.29 is 13.6 Å². The van der Waals surface area contributed by atoms with Crippen LogP contribution in [0.2, 0.25) is 0 Å². The van der Waals surface area contributed by atoms with E-state index in [0.29, 0.717) is 5.57 Å². The largest absolute Gasteiger partial charge is 0.367 e. The molecule has 0 saturated carbocycles. The van der Waals surface area contributed by atoms with E-state index < -0.39 is 23.0 Å². The molecule has 0 amide bonds. The Labute approximate surface area is 114 Å². The molecule has 1 unspecified atom stereocenters. The average molecular weight is 274 g/mol. The lowest BCUT2D eigenvalue weighted by Crippen LogP contribution is -2.36. The summed E-state index contributed by atoms with van der Waals surface area (Å²) in [5.74, 6) is -2.36. The summed E-state index contributed by atoms with van der Waals surface area (Å²) in [6, 6.07) is 3.39. The minimum atomic E-state index is -0.851. The van der Waals surface area contributed by atoms with E-state index in [2.05, 4.69) is 10.6 Å². The van der Waals surface area contributed by atoms with Gasteiger partial charge in [-0.15, -0.1) is 0 Å². The number of allylic oxidation sites excluding steroid dienone is 2. The number of dihydropyridines is 1. The number of benzene rings is 1. The number of rotatable bonds is 2. The minimum absolute atomic E-state index is 0.229. The molecule has 2 aliphatic heterocycles. The lowest BCUT2D eigenvalue weighted by Gasteiger charge is -2.20. The number of halogens is 2. The van der Waals surface area contributed by atoms with Crippen LogP contribution in [0, 0.1) is 11.6 Å². The smallest absolute Gasteiger partial charge is 0.200 e. The van der Waals surface area contributed by atoms with E-state index in [1.807, 2.05) is 19.2 Å². The average Bonchev–Trinajstić information content (AvgIpc) is 2.81. The van der Waals surface area contributed by atoms with Gasteiger partial charge in [0.25, 0.3) is 0 Å². The lowest BCUT2D eigenvalue weighted by molar-refractivity contribution is 0.102. The fourth-order valence-corrected chi connectivity index (χ4v) is 2.34. The molecule has 0 saturated heterocycles. The predicted octanol–water partition coefficient (Wildman–Crippen LogP) is 2.39. The van der Waals surface area contributed by atoms with Crippen molar-refractivity contribution in [3.8, 4) is 0 Å². The monoisotopic (exact) mass is 274 g/mol. The van der Waals surface area contributed by atoms with Crippen LogP contribution in [0.5, 0.6) is 0 Å². The molecule has 0 bridgehead atoms. The molecule has 0 aromatic heterocycles. The molecule has 0 aliphatic carbocycles. The number of nitrogens with one attached hydrogen (secondary N) is 2. The first kappa shape index (κ1) is 12.6. The molecule has 5 heteroatoms. The maximum absolute atomic E-state index is 13.7. The fraction of sp³-hybridized carbons (Fsp3) is 0.133. The summed E-state index contributed by atoms with van der Waals surface area (Å²) >= 11 is 0. The molecule has 2 aliphatic rings. The van der Waals surface area contributed by atoms with Gasteiger partial charge in [0.2, 0.25) is 5.78 Å². The van der Waals surface area contributed by atoms with Crippen LogP contribution in [0.4, 0.5) is 8.78 Å². The van der Waals surface area contributed by atoms with E-state index in [1.165, 1.54) is 12.3 Å². The van der Waals surface area contributed by atoms with Gasteiger partial charge in [-0.25, -0.2) is 8.78 Å². The third kappa shape index (κ3) is 1.91. The van der Waals surface area contributed by atoms with Crippen molar-refractivity contribution in [3.05, 3.63) is 70.6 Å². The van der Waals surface area contributed by atoms with Gasteiger partial charge in [0.15, 0.2) is 0 Å². The van der Waals surface area contributed by atoms with Crippen LogP contribution in [0.25, 0.3) is 0 Å². The number of Topliss-reactive ketones (excluding diaryl/α,β-unsaturated/α-hetero) is 1. The van der Waals surface area contributed by atoms with Gasteiger partial charge in [0, 0.05) is 23.5 Å². The second-order valence-corrected chi connectivity index (χ2v) is 4.74. The molecule has 3 rings (SSSR count). The predicted molar refractivity (Wildman–Crippen MR) is 70.7 cm³/mol. The second kappa shape index (κ2) is 4.59. The third-order valence-corrected chi connectivity index (χ3v) is 3.31. The van der Waals surface area contributed by atoms with Crippen molar-refractivity contribution in [2.75, 3.05) is 0 Å². The highest BCUT2D eigenvalue weighted by Crippen LogP contribution is 2.28. The highest BCUT2D eigenvalue weighted by atomic mass is 19.1. The normalized spacial score (nSPS) is 20.1. The number of carbonyl (C=O) groups is 1. The van der Waals surface area contributed by atoms with Crippen LogP contribution in [0.15, 0.2) is 53.4 Å². The van der Waals surface area contributed by atoms with Gasteiger partial charge < -0.3 is 10.6 Å². The molecule has 102 valence electrons.